The van der Waals surface area contributed by atoms with E-state index in [9.17, 15) is 4.79 Å². The Morgan fingerprint density at radius 1 is 1.32 bits per heavy atom. The van der Waals surface area contributed by atoms with Gasteiger partial charge in [0.05, 0.1) is 18.9 Å². The maximum atomic E-state index is 12.8. The molecule has 1 saturated heterocycles. The predicted molar refractivity (Wildman–Crippen MR) is 102 cm³/mol. The fourth-order valence-electron chi connectivity index (χ4n) is 3.22. The van der Waals surface area contributed by atoms with E-state index in [1.165, 1.54) is 0 Å². The second-order valence-corrected chi connectivity index (χ2v) is 6.48. The fourth-order valence-corrected chi connectivity index (χ4v) is 3.22. The SMILES string of the molecule is COc1cccc(-n2nnc(C(=O)NC[C@H]3CCCO3)c2-c2ccncc2)c1. The van der Waals surface area contributed by atoms with Gasteiger partial charge in [-0.1, -0.05) is 11.3 Å². The summed E-state index contributed by atoms with van der Waals surface area (Å²) in [5.41, 5.74) is 2.40. The van der Waals surface area contributed by atoms with Crippen molar-refractivity contribution in [2.45, 2.75) is 18.9 Å². The van der Waals surface area contributed by atoms with E-state index in [-0.39, 0.29) is 17.7 Å². The summed E-state index contributed by atoms with van der Waals surface area (Å²) in [5, 5.41) is 11.3. The fraction of sp³-hybridized carbons (Fsp3) is 0.300. The maximum absolute atomic E-state index is 12.8. The molecule has 0 spiro atoms. The molecule has 3 aromatic rings. The van der Waals surface area contributed by atoms with Crippen LogP contribution < -0.4 is 10.1 Å². The van der Waals surface area contributed by atoms with Gasteiger partial charge in [0.25, 0.3) is 5.91 Å². The van der Waals surface area contributed by atoms with E-state index in [0.717, 1.165) is 30.7 Å². The first-order valence-electron chi connectivity index (χ1n) is 9.16. The van der Waals surface area contributed by atoms with E-state index < -0.39 is 0 Å². The van der Waals surface area contributed by atoms with Crippen LogP contribution in [0.15, 0.2) is 48.8 Å². The summed E-state index contributed by atoms with van der Waals surface area (Å²) in [4.78, 5) is 16.9. The van der Waals surface area contributed by atoms with Crippen LogP contribution in [0.3, 0.4) is 0 Å². The van der Waals surface area contributed by atoms with Crippen LogP contribution in [0.2, 0.25) is 0 Å². The number of aromatic nitrogens is 4. The zero-order valence-corrected chi connectivity index (χ0v) is 15.5. The van der Waals surface area contributed by atoms with E-state index in [0.29, 0.717) is 18.0 Å². The zero-order valence-electron chi connectivity index (χ0n) is 15.5. The lowest BCUT2D eigenvalue weighted by Gasteiger charge is -2.11. The molecule has 1 atom stereocenters. The third-order valence-electron chi connectivity index (χ3n) is 4.65. The highest BCUT2D eigenvalue weighted by atomic mass is 16.5. The number of nitrogens with zero attached hydrogens (tertiary/aromatic N) is 4. The molecule has 2 aromatic heterocycles. The van der Waals surface area contributed by atoms with E-state index in [4.69, 9.17) is 9.47 Å². The molecule has 8 heteroatoms. The molecule has 28 heavy (non-hydrogen) atoms. The number of methoxy groups -OCH3 is 1. The predicted octanol–water partition coefficient (Wildman–Crippen LogP) is 2.25. The first-order chi connectivity index (χ1) is 13.8. The van der Waals surface area contributed by atoms with Gasteiger partial charge in [0.2, 0.25) is 0 Å². The Labute approximate surface area is 162 Å². The molecule has 0 bridgehead atoms. The topological polar surface area (TPSA) is 91.2 Å². The molecule has 0 radical (unpaired) electrons. The second-order valence-electron chi connectivity index (χ2n) is 6.48. The summed E-state index contributed by atoms with van der Waals surface area (Å²) >= 11 is 0. The van der Waals surface area contributed by atoms with Crippen LogP contribution in [0.5, 0.6) is 5.75 Å². The molecule has 0 aliphatic carbocycles. The molecule has 1 N–H and O–H groups in total. The summed E-state index contributed by atoms with van der Waals surface area (Å²) in [6.45, 7) is 1.20. The Bertz CT molecular complexity index is 951. The van der Waals surface area contributed by atoms with Crippen molar-refractivity contribution in [3.8, 4) is 22.7 Å². The van der Waals surface area contributed by atoms with Gasteiger partial charge in [0, 0.05) is 37.2 Å². The van der Waals surface area contributed by atoms with Gasteiger partial charge in [-0.25, -0.2) is 4.68 Å². The molecule has 8 nitrogen and oxygen atoms in total. The third-order valence-corrected chi connectivity index (χ3v) is 4.65. The highest BCUT2D eigenvalue weighted by molar-refractivity contribution is 5.98. The average Bonchev–Trinajstić information content (AvgIpc) is 3.42. The van der Waals surface area contributed by atoms with Crippen LogP contribution in [0.1, 0.15) is 23.3 Å². The van der Waals surface area contributed by atoms with Crippen molar-refractivity contribution in [1.82, 2.24) is 25.3 Å². The summed E-state index contributed by atoms with van der Waals surface area (Å²) in [6, 6.07) is 11.1. The quantitative estimate of drug-likeness (QED) is 0.706. The number of rotatable bonds is 6. The number of ether oxygens (including phenoxy) is 2. The molecule has 0 unspecified atom stereocenters. The van der Waals surface area contributed by atoms with Crippen LogP contribution >= 0.6 is 0 Å². The minimum Gasteiger partial charge on any atom is -0.497 e. The molecule has 1 amide bonds. The number of carbonyl (C=O) groups excluding carboxylic acids is 1. The van der Waals surface area contributed by atoms with Gasteiger partial charge in [0.15, 0.2) is 5.69 Å². The Morgan fingerprint density at radius 2 is 2.18 bits per heavy atom. The average molecular weight is 379 g/mol. The van der Waals surface area contributed by atoms with Gasteiger partial charge in [-0.05, 0) is 37.1 Å². The molecule has 4 rings (SSSR count). The largest absolute Gasteiger partial charge is 0.497 e. The number of benzene rings is 1. The lowest BCUT2D eigenvalue weighted by Crippen LogP contribution is -2.32. The van der Waals surface area contributed by atoms with Crippen molar-refractivity contribution in [2.75, 3.05) is 20.3 Å². The van der Waals surface area contributed by atoms with Gasteiger partial charge in [0.1, 0.15) is 11.4 Å². The summed E-state index contributed by atoms with van der Waals surface area (Å²) in [5.74, 6) is 0.412. The lowest BCUT2D eigenvalue weighted by atomic mass is 10.1. The van der Waals surface area contributed by atoms with Gasteiger partial charge >= 0.3 is 0 Å². The minimum atomic E-state index is -0.281. The van der Waals surface area contributed by atoms with Crippen LogP contribution in [0.25, 0.3) is 16.9 Å². The molecular weight excluding hydrogens is 358 g/mol. The Hall–Kier alpha value is -3.26. The van der Waals surface area contributed by atoms with Gasteiger partial charge in [-0.3, -0.25) is 9.78 Å². The molecule has 144 valence electrons. The number of hydrogen-bond donors (Lipinski definition) is 1. The normalized spacial score (nSPS) is 16.1. The first-order valence-corrected chi connectivity index (χ1v) is 9.16. The molecule has 3 heterocycles. The monoisotopic (exact) mass is 379 g/mol. The number of amides is 1. The Balaban J connectivity index is 1.70. The summed E-state index contributed by atoms with van der Waals surface area (Å²) < 4.78 is 12.5. The minimum absolute atomic E-state index is 0.0572. The number of carbonyl (C=O) groups is 1. The molecule has 1 fully saturated rings. The van der Waals surface area contributed by atoms with Crippen molar-refractivity contribution in [3.05, 3.63) is 54.5 Å². The van der Waals surface area contributed by atoms with Crippen LogP contribution in [-0.4, -0.2) is 52.3 Å². The van der Waals surface area contributed by atoms with Crippen molar-refractivity contribution < 1.29 is 14.3 Å². The van der Waals surface area contributed by atoms with Gasteiger partial charge < -0.3 is 14.8 Å². The number of hydrogen-bond acceptors (Lipinski definition) is 6. The molecule has 1 aliphatic rings. The van der Waals surface area contributed by atoms with Crippen LogP contribution in [0.4, 0.5) is 0 Å². The lowest BCUT2D eigenvalue weighted by molar-refractivity contribution is 0.0854. The molecular formula is C20H21N5O3. The number of pyridine rings is 1. The third kappa shape index (κ3) is 3.72. The van der Waals surface area contributed by atoms with Crippen molar-refractivity contribution in [3.63, 3.8) is 0 Å². The van der Waals surface area contributed by atoms with Crippen molar-refractivity contribution in [1.29, 1.82) is 0 Å². The van der Waals surface area contributed by atoms with Crippen LogP contribution in [-0.2, 0) is 4.74 Å². The maximum Gasteiger partial charge on any atom is 0.274 e. The summed E-state index contributed by atoms with van der Waals surface area (Å²) in [7, 11) is 1.61. The zero-order chi connectivity index (χ0) is 19.3. The van der Waals surface area contributed by atoms with E-state index in [1.54, 1.807) is 24.2 Å². The first kappa shape index (κ1) is 18.1. The summed E-state index contributed by atoms with van der Waals surface area (Å²) in [6.07, 6.45) is 5.38. The second kappa shape index (κ2) is 8.18. The van der Waals surface area contributed by atoms with Gasteiger partial charge in [-0.15, -0.1) is 5.10 Å². The molecule has 0 saturated carbocycles. The smallest absolute Gasteiger partial charge is 0.274 e. The van der Waals surface area contributed by atoms with Gasteiger partial charge in [-0.2, -0.15) is 0 Å². The Kier molecular flexibility index (Phi) is 5.29. The standard InChI is InChI=1S/C20H21N5O3/c1-27-16-5-2-4-15(12-16)25-19(14-7-9-21-10-8-14)18(23-24-25)20(26)22-13-17-6-3-11-28-17/h2,4-5,7-10,12,17H,3,6,11,13H2,1H3,(H,22,26)/t17-/m1/s1. The van der Waals surface area contributed by atoms with Crippen molar-refractivity contribution >= 4 is 5.91 Å². The Morgan fingerprint density at radius 3 is 2.93 bits per heavy atom. The van der Waals surface area contributed by atoms with E-state index in [2.05, 4.69) is 20.6 Å². The highest BCUT2D eigenvalue weighted by Gasteiger charge is 2.24. The van der Waals surface area contributed by atoms with E-state index in [1.807, 2.05) is 36.4 Å². The number of nitrogens with one attached hydrogen (secondary N) is 1. The molecule has 1 aliphatic heterocycles. The van der Waals surface area contributed by atoms with E-state index >= 15 is 0 Å². The highest BCUT2D eigenvalue weighted by Crippen LogP contribution is 2.26. The molecule has 1 aromatic carbocycles. The van der Waals surface area contributed by atoms with Crippen molar-refractivity contribution in [2.24, 2.45) is 0 Å². The van der Waals surface area contributed by atoms with Crippen LogP contribution in [0, 0.1) is 0 Å².